The molecule has 1 heterocycles. The number of hydrogen-bond donors (Lipinski definition) is 0. The minimum absolute atomic E-state index is 0.0172. The summed E-state index contributed by atoms with van der Waals surface area (Å²) in [6.07, 6.45) is 1.41. The molecule has 0 radical (unpaired) electrons. The molecule has 0 unspecified atom stereocenters. The zero-order chi connectivity index (χ0) is 27.3. The molecule has 0 spiro atoms. The van der Waals surface area contributed by atoms with Gasteiger partial charge in [-0.05, 0) is 55.1 Å². The molecule has 0 N–H and O–H groups in total. The predicted octanol–water partition coefficient (Wildman–Crippen LogP) is 4.90. The van der Waals surface area contributed by atoms with Crippen molar-refractivity contribution in [2.75, 3.05) is 27.4 Å². The van der Waals surface area contributed by atoms with E-state index < -0.39 is 21.3 Å². The summed E-state index contributed by atoms with van der Waals surface area (Å²) >= 11 is 0.741. The van der Waals surface area contributed by atoms with Crippen LogP contribution in [0, 0.1) is 6.92 Å². The molecule has 0 aromatic heterocycles. The van der Waals surface area contributed by atoms with Crippen LogP contribution in [-0.4, -0.2) is 51.8 Å². The van der Waals surface area contributed by atoms with Crippen LogP contribution in [0.1, 0.15) is 11.1 Å². The lowest BCUT2D eigenvalue weighted by atomic mass is 10.1. The Morgan fingerprint density at radius 2 is 1.53 bits per heavy atom. The molecule has 3 aromatic carbocycles. The summed E-state index contributed by atoms with van der Waals surface area (Å²) in [7, 11) is -1.31. The second kappa shape index (κ2) is 11.6. The number of carbonyl (C=O) groups is 2. The van der Waals surface area contributed by atoms with Gasteiger partial charge in [0, 0.05) is 5.56 Å². The Hall–Kier alpha value is -3.96. The van der Waals surface area contributed by atoms with Crippen LogP contribution in [0.3, 0.4) is 0 Å². The van der Waals surface area contributed by atoms with Gasteiger partial charge >= 0.3 is 10.1 Å². The first-order valence-electron chi connectivity index (χ1n) is 11.4. The molecule has 4 rings (SSSR count). The van der Waals surface area contributed by atoms with Crippen LogP contribution < -0.4 is 18.4 Å². The Labute approximate surface area is 225 Å². The Bertz CT molecular complexity index is 1480. The summed E-state index contributed by atoms with van der Waals surface area (Å²) < 4.78 is 47.6. The smallest absolute Gasteiger partial charge is 0.339 e. The molecule has 1 aliphatic rings. The van der Waals surface area contributed by atoms with E-state index in [1.54, 1.807) is 48.5 Å². The summed E-state index contributed by atoms with van der Waals surface area (Å²) in [5, 5.41) is -0.470. The van der Waals surface area contributed by atoms with Gasteiger partial charge in [-0.15, -0.1) is 0 Å². The maximum atomic E-state index is 13.0. The van der Waals surface area contributed by atoms with Crippen LogP contribution in [0.4, 0.5) is 4.79 Å². The van der Waals surface area contributed by atoms with Crippen molar-refractivity contribution in [3.05, 3.63) is 82.8 Å². The Morgan fingerprint density at radius 1 is 0.868 bits per heavy atom. The van der Waals surface area contributed by atoms with E-state index >= 15 is 0 Å². The number of rotatable bonds is 10. The van der Waals surface area contributed by atoms with Crippen molar-refractivity contribution in [3.8, 4) is 23.0 Å². The van der Waals surface area contributed by atoms with Gasteiger partial charge in [-0.3, -0.25) is 14.5 Å². The second-order valence-electron chi connectivity index (χ2n) is 8.06. The van der Waals surface area contributed by atoms with E-state index in [2.05, 4.69) is 0 Å². The monoisotopic (exact) mass is 555 g/mol. The van der Waals surface area contributed by atoms with Gasteiger partial charge in [-0.2, -0.15) is 8.42 Å². The number of nitrogens with zero attached hydrogens (tertiary/aromatic N) is 1. The molecule has 198 valence electrons. The third kappa shape index (κ3) is 5.95. The van der Waals surface area contributed by atoms with Gasteiger partial charge in [0.2, 0.25) is 0 Å². The Morgan fingerprint density at radius 3 is 2.21 bits per heavy atom. The number of benzene rings is 3. The number of hydrogen-bond acceptors (Lipinski definition) is 9. The van der Waals surface area contributed by atoms with Crippen LogP contribution in [-0.2, 0) is 14.9 Å². The molecular formula is C27H25NO8S2. The van der Waals surface area contributed by atoms with Crippen LogP contribution in [0.2, 0.25) is 0 Å². The first-order valence-corrected chi connectivity index (χ1v) is 13.7. The van der Waals surface area contributed by atoms with E-state index in [1.807, 2.05) is 6.92 Å². The zero-order valence-electron chi connectivity index (χ0n) is 20.9. The Kier molecular flexibility index (Phi) is 8.28. The number of ether oxygens (including phenoxy) is 3. The molecule has 0 aliphatic carbocycles. The first-order chi connectivity index (χ1) is 18.2. The van der Waals surface area contributed by atoms with E-state index in [4.69, 9.17) is 18.4 Å². The van der Waals surface area contributed by atoms with Crippen molar-refractivity contribution < 1.29 is 36.4 Å². The van der Waals surface area contributed by atoms with Gasteiger partial charge in [0.25, 0.3) is 11.1 Å². The van der Waals surface area contributed by atoms with E-state index in [1.165, 1.54) is 38.5 Å². The molecule has 1 fully saturated rings. The molecule has 38 heavy (non-hydrogen) atoms. The molecule has 9 nitrogen and oxygen atoms in total. The fraction of sp³-hybridized carbons (Fsp3) is 0.185. The SMILES string of the molecule is COc1ccccc1OCCN1C(=O)S/C(=C\c2cccc(OC)c2OS(=O)(=O)c2ccc(C)cc2)C1=O. The van der Waals surface area contributed by atoms with E-state index in [9.17, 15) is 18.0 Å². The molecule has 11 heteroatoms. The number of aryl methyl sites for hydroxylation is 1. The molecule has 0 saturated carbocycles. The maximum Gasteiger partial charge on any atom is 0.339 e. The number of para-hydroxylation sites is 3. The topological polar surface area (TPSA) is 108 Å². The van der Waals surface area contributed by atoms with Crippen molar-refractivity contribution in [1.82, 2.24) is 4.90 Å². The fourth-order valence-electron chi connectivity index (χ4n) is 3.58. The second-order valence-corrected chi connectivity index (χ2v) is 10.6. The number of amides is 2. The molecule has 3 aromatic rings. The van der Waals surface area contributed by atoms with Crippen molar-refractivity contribution in [2.24, 2.45) is 0 Å². The summed E-state index contributed by atoms with van der Waals surface area (Å²) in [5.41, 5.74) is 1.15. The quantitative estimate of drug-likeness (QED) is 0.255. The largest absolute Gasteiger partial charge is 0.493 e. The highest BCUT2D eigenvalue weighted by Crippen LogP contribution is 2.38. The van der Waals surface area contributed by atoms with Crippen molar-refractivity contribution >= 4 is 39.1 Å². The molecular weight excluding hydrogens is 530 g/mol. The summed E-state index contributed by atoms with van der Waals surface area (Å²) in [6.45, 7) is 1.92. The lowest BCUT2D eigenvalue weighted by molar-refractivity contribution is -0.123. The summed E-state index contributed by atoms with van der Waals surface area (Å²) in [5.74, 6) is 0.553. The molecule has 0 atom stereocenters. The van der Waals surface area contributed by atoms with Gasteiger partial charge in [0.15, 0.2) is 23.0 Å². The lowest BCUT2D eigenvalue weighted by Crippen LogP contribution is -2.32. The number of methoxy groups -OCH3 is 2. The van der Waals surface area contributed by atoms with Crippen molar-refractivity contribution in [1.29, 1.82) is 0 Å². The van der Waals surface area contributed by atoms with Crippen LogP contribution in [0.25, 0.3) is 6.08 Å². The minimum Gasteiger partial charge on any atom is -0.493 e. The molecule has 2 amide bonds. The van der Waals surface area contributed by atoms with Gasteiger partial charge in [0.05, 0.1) is 25.7 Å². The van der Waals surface area contributed by atoms with Gasteiger partial charge in [-0.1, -0.05) is 42.0 Å². The average molecular weight is 556 g/mol. The standard InChI is InChI=1S/C27H25NO8S2/c1-18-11-13-20(14-12-18)38(31,32)36-25-19(7-6-10-23(25)34-3)17-24-26(29)28(27(30)37-24)15-16-35-22-9-5-4-8-21(22)33-2/h4-14,17H,15-16H2,1-3H3/b24-17-. The highest BCUT2D eigenvalue weighted by Gasteiger charge is 2.35. The highest BCUT2D eigenvalue weighted by molar-refractivity contribution is 8.18. The molecule has 0 bridgehead atoms. The summed E-state index contributed by atoms with van der Waals surface area (Å²) in [6, 6.07) is 18.0. The van der Waals surface area contributed by atoms with Gasteiger partial charge in [0.1, 0.15) is 11.5 Å². The number of carbonyl (C=O) groups excluding carboxylic acids is 2. The van der Waals surface area contributed by atoms with E-state index in [-0.39, 0.29) is 40.0 Å². The van der Waals surface area contributed by atoms with Crippen LogP contribution in [0.5, 0.6) is 23.0 Å². The zero-order valence-corrected chi connectivity index (χ0v) is 22.5. The lowest BCUT2D eigenvalue weighted by Gasteiger charge is -2.15. The Balaban J connectivity index is 1.55. The first kappa shape index (κ1) is 27.1. The predicted molar refractivity (Wildman–Crippen MR) is 143 cm³/mol. The average Bonchev–Trinajstić information content (AvgIpc) is 3.17. The summed E-state index contributed by atoms with van der Waals surface area (Å²) in [4.78, 5) is 26.8. The number of imide groups is 1. The van der Waals surface area contributed by atoms with E-state index in [0.717, 1.165) is 22.2 Å². The van der Waals surface area contributed by atoms with Crippen LogP contribution in [0.15, 0.2) is 76.5 Å². The third-order valence-corrected chi connectivity index (χ3v) is 7.68. The molecule has 1 aliphatic heterocycles. The van der Waals surface area contributed by atoms with E-state index in [0.29, 0.717) is 11.5 Å². The van der Waals surface area contributed by atoms with Gasteiger partial charge in [-0.25, -0.2) is 0 Å². The minimum atomic E-state index is -4.20. The van der Waals surface area contributed by atoms with Crippen LogP contribution >= 0.6 is 11.8 Å². The maximum absolute atomic E-state index is 13.0. The van der Waals surface area contributed by atoms with Crippen molar-refractivity contribution in [3.63, 3.8) is 0 Å². The fourth-order valence-corrected chi connectivity index (χ4v) is 5.40. The normalized spacial score (nSPS) is 14.6. The molecule has 1 saturated heterocycles. The van der Waals surface area contributed by atoms with Gasteiger partial charge < -0.3 is 18.4 Å². The third-order valence-electron chi connectivity index (χ3n) is 5.53. The van der Waals surface area contributed by atoms with Crippen molar-refractivity contribution in [2.45, 2.75) is 11.8 Å². The number of thioether (sulfide) groups is 1. The highest BCUT2D eigenvalue weighted by atomic mass is 32.2.